The van der Waals surface area contributed by atoms with E-state index < -0.39 is 0 Å². The van der Waals surface area contributed by atoms with Crippen molar-refractivity contribution in [2.75, 3.05) is 21.1 Å². The van der Waals surface area contributed by atoms with Gasteiger partial charge in [-0.3, -0.25) is 0 Å². The summed E-state index contributed by atoms with van der Waals surface area (Å²) in [6.45, 7) is 0. The van der Waals surface area contributed by atoms with Crippen LogP contribution in [0.1, 0.15) is 0 Å². The molecule has 0 unspecified atom stereocenters. The van der Waals surface area contributed by atoms with Gasteiger partial charge in [0, 0.05) is 0 Å². The molecule has 0 aromatic rings. The first kappa shape index (κ1) is 16.9. The van der Waals surface area contributed by atoms with E-state index >= 15 is 0 Å². The molecule has 0 aliphatic carbocycles. The van der Waals surface area contributed by atoms with Gasteiger partial charge in [-0.2, -0.15) is 0 Å². The molecule has 0 heterocycles. The minimum atomic E-state index is 0. The molecule has 6 N–H and O–H groups in total. The Labute approximate surface area is 39.5 Å². The molecule has 0 atom stereocenters. The van der Waals surface area contributed by atoms with Gasteiger partial charge in [-0.05, 0) is 21.1 Å². The molecule has 0 spiro atoms. The zero-order valence-electron chi connectivity index (χ0n) is 4.78. The molecule has 0 saturated heterocycles. The smallest absolute Gasteiger partial charge is 0.0167 e. The van der Waals surface area contributed by atoms with Gasteiger partial charge in [0.2, 0.25) is 0 Å². The third-order valence-electron chi connectivity index (χ3n) is 0. The predicted octanol–water partition coefficient (Wildman–Crippen LogP) is -0.427. The third kappa shape index (κ3) is 2230. The van der Waals surface area contributed by atoms with E-state index in [9.17, 15) is 0 Å². The van der Waals surface area contributed by atoms with Crippen LogP contribution in [0.4, 0.5) is 0 Å². The van der Waals surface area contributed by atoms with Crippen LogP contribution >= 0.6 is 0 Å². The topological polar surface area (TPSA) is 73.0 Å². The van der Waals surface area contributed by atoms with E-state index in [1.807, 2.05) is 14.1 Å². The molecule has 0 bridgehead atoms. The van der Waals surface area contributed by atoms with Crippen LogP contribution in [0, 0.1) is 0 Å². The first-order chi connectivity index (χ1) is 2.41. The van der Waals surface area contributed by atoms with Crippen molar-refractivity contribution >= 4 is 0 Å². The number of rotatable bonds is 0. The first-order valence-corrected chi connectivity index (χ1v) is 1.58. The van der Waals surface area contributed by atoms with Gasteiger partial charge in [0.15, 0.2) is 0 Å². The maximum atomic E-state index is 4.50. The molecule has 0 radical (unpaired) electrons. The van der Waals surface area contributed by atoms with Crippen molar-refractivity contribution in [3.63, 3.8) is 0 Å². The Morgan fingerprint density at radius 1 is 1.17 bits per heavy atom. The van der Waals surface area contributed by atoms with Crippen LogP contribution in [0.2, 0.25) is 0 Å². The normalized spacial score (nSPS) is 4.00. The monoisotopic (exact) mass is 93.1 g/mol. The lowest BCUT2D eigenvalue weighted by Gasteiger charge is -1.59. The van der Waals surface area contributed by atoms with Crippen molar-refractivity contribution < 1.29 is 0 Å². The van der Waals surface area contributed by atoms with Crippen LogP contribution in [-0.4, -0.2) is 21.1 Å². The number of nitrogens with two attached hydrogens (primary N) is 1. The highest BCUT2D eigenvalue weighted by Crippen LogP contribution is 0.981. The summed E-state index contributed by atoms with van der Waals surface area (Å²) < 4.78 is 0. The van der Waals surface area contributed by atoms with Crippen LogP contribution in [0.25, 0.3) is 0 Å². The fourth-order valence-electron chi connectivity index (χ4n) is 0. The molecule has 0 aromatic carbocycles. The Morgan fingerprint density at radius 3 is 1.17 bits per heavy atom. The highest BCUT2D eigenvalue weighted by molar-refractivity contribution is 3.91. The van der Waals surface area contributed by atoms with Crippen molar-refractivity contribution in [1.29, 1.82) is 0 Å². The van der Waals surface area contributed by atoms with E-state index in [4.69, 9.17) is 0 Å². The summed E-state index contributed by atoms with van der Waals surface area (Å²) in [6, 6.07) is 0. The van der Waals surface area contributed by atoms with Gasteiger partial charge in [-0.25, -0.2) is 0 Å². The molecule has 42 valence electrons. The Balaban J connectivity index is -0.0000000275. The molecule has 0 aliphatic rings. The van der Waals surface area contributed by atoms with Crippen molar-refractivity contribution in [1.82, 2.24) is 11.5 Å². The fourth-order valence-corrected chi connectivity index (χ4v) is 0. The Kier molecular flexibility index (Phi) is 267. The number of nitrogens with one attached hydrogen (secondary N) is 1. The van der Waals surface area contributed by atoms with Crippen LogP contribution < -0.4 is 17.2 Å². The van der Waals surface area contributed by atoms with E-state index in [1.165, 1.54) is 7.05 Å². The first-order valence-electron chi connectivity index (χ1n) is 1.58. The summed E-state index contributed by atoms with van der Waals surface area (Å²) >= 11 is 0. The Bertz CT molecular complexity index is 6.00. The van der Waals surface area contributed by atoms with Crippen molar-refractivity contribution in [3.05, 3.63) is 0 Å². The lowest BCUT2D eigenvalue weighted by molar-refractivity contribution is 1.02. The van der Waals surface area contributed by atoms with Crippen LogP contribution in [0.5, 0.6) is 0 Å². The quantitative estimate of drug-likeness (QED) is 0.380. The molecule has 0 saturated carbocycles. The van der Waals surface area contributed by atoms with Gasteiger partial charge in [-0.1, -0.05) is 0 Å². The highest BCUT2D eigenvalue weighted by atomic mass is 14.7. The largest absolute Gasteiger partial charge is 0.344 e. The molecular formula is C3H15N3. The molecule has 0 aliphatic heterocycles. The molecule has 0 aromatic heterocycles. The zero-order valence-corrected chi connectivity index (χ0v) is 4.78. The summed E-state index contributed by atoms with van der Waals surface area (Å²) in [5.41, 5.74) is 4.50. The SMILES string of the molecule is CN.CNC.N. The maximum Gasteiger partial charge on any atom is -0.0167 e. The number of hydrogen-bond acceptors (Lipinski definition) is 3. The van der Waals surface area contributed by atoms with E-state index in [0.29, 0.717) is 0 Å². The van der Waals surface area contributed by atoms with Crippen molar-refractivity contribution in [3.8, 4) is 0 Å². The molecule has 0 rings (SSSR count). The minimum absolute atomic E-state index is 0. The van der Waals surface area contributed by atoms with Gasteiger partial charge in [0.05, 0.1) is 0 Å². The fraction of sp³-hybridized carbons (Fsp3) is 1.00. The molecule has 6 heavy (non-hydrogen) atoms. The average Bonchev–Trinajstić information content (AvgIpc) is 1.46. The Hall–Kier alpha value is -0.120. The van der Waals surface area contributed by atoms with Gasteiger partial charge < -0.3 is 17.2 Å². The van der Waals surface area contributed by atoms with Crippen LogP contribution in [0.3, 0.4) is 0 Å². The molecule has 3 heteroatoms. The van der Waals surface area contributed by atoms with E-state index in [0.717, 1.165) is 0 Å². The zero-order chi connectivity index (χ0) is 4.71. The van der Waals surface area contributed by atoms with Gasteiger partial charge in [0.25, 0.3) is 0 Å². The Morgan fingerprint density at radius 2 is 1.17 bits per heavy atom. The van der Waals surface area contributed by atoms with E-state index in [2.05, 4.69) is 11.1 Å². The second-order valence-electron chi connectivity index (χ2n) is 0.500. The second-order valence-corrected chi connectivity index (χ2v) is 0.500. The summed E-state index contributed by atoms with van der Waals surface area (Å²) in [7, 11) is 5.25. The van der Waals surface area contributed by atoms with Crippen LogP contribution in [0.15, 0.2) is 0 Å². The molecule has 3 nitrogen and oxygen atoms in total. The molecular weight excluding hydrogens is 78.1 g/mol. The minimum Gasteiger partial charge on any atom is -0.344 e. The molecule has 0 amide bonds. The van der Waals surface area contributed by atoms with Crippen molar-refractivity contribution in [2.24, 2.45) is 5.73 Å². The maximum absolute atomic E-state index is 4.50. The summed E-state index contributed by atoms with van der Waals surface area (Å²) in [6.07, 6.45) is 0. The van der Waals surface area contributed by atoms with Crippen molar-refractivity contribution in [2.45, 2.75) is 0 Å². The second kappa shape index (κ2) is 94.9. The van der Waals surface area contributed by atoms with E-state index in [-0.39, 0.29) is 6.15 Å². The van der Waals surface area contributed by atoms with E-state index in [1.54, 1.807) is 0 Å². The average molecular weight is 93.2 g/mol. The molecule has 0 fully saturated rings. The summed E-state index contributed by atoms with van der Waals surface area (Å²) in [5, 5.41) is 2.75. The van der Waals surface area contributed by atoms with Crippen LogP contribution in [-0.2, 0) is 0 Å². The predicted molar refractivity (Wildman–Crippen MR) is 30.1 cm³/mol. The highest BCUT2D eigenvalue weighted by Gasteiger charge is 1.25. The lowest BCUT2D eigenvalue weighted by atomic mass is 11.3. The third-order valence-corrected chi connectivity index (χ3v) is 0. The van der Waals surface area contributed by atoms with Gasteiger partial charge >= 0.3 is 0 Å². The summed E-state index contributed by atoms with van der Waals surface area (Å²) in [4.78, 5) is 0. The summed E-state index contributed by atoms with van der Waals surface area (Å²) in [5.74, 6) is 0. The van der Waals surface area contributed by atoms with Gasteiger partial charge in [0.1, 0.15) is 0 Å². The number of hydrogen-bond donors (Lipinski definition) is 3. The standard InChI is InChI=1S/C2H7N.CH5N.H3N/c1-3-2;1-2;/h3H,1-2H3;2H2,1H3;1H3. The van der Waals surface area contributed by atoms with Gasteiger partial charge in [-0.15, -0.1) is 0 Å². The lowest BCUT2D eigenvalue weighted by Crippen LogP contribution is -1.89.